The zero-order valence-electron chi connectivity index (χ0n) is 17.5. The molecule has 0 bridgehead atoms. The Bertz CT molecular complexity index is 848. The minimum Gasteiger partial charge on any atom is -0.450 e. The minimum absolute atomic E-state index is 0.155. The van der Waals surface area contributed by atoms with Gasteiger partial charge in [-0.1, -0.05) is 35.9 Å². The molecule has 2 amide bonds. The van der Waals surface area contributed by atoms with Gasteiger partial charge in [0, 0.05) is 30.9 Å². The molecule has 30 heavy (non-hydrogen) atoms. The lowest BCUT2D eigenvalue weighted by Crippen LogP contribution is -2.43. The van der Waals surface area contributed by atoms with E-state index in [9.17, 15) is 9.59 Å². The van der Waals surface area contributed by atoms with Crippen molar-refractivity contribution in [2.75, 3.05) is 44.8 Å². The predicted octanol–water partition coefficient (Wildman–Crippen LogP) is 3.37. The van der Waals surface area contributed by atoms with Crippen molar-refractivity contribution < 1.29 is 19.1 Å². The van der Waals surface area contributed by atoms with Gasteiger partial charge in [-0.25, -0.2) is 4.79 Å². The van der Waals surface area contributed by atoms with E-state index in [1.807, 2.05) is 6.92 Å². The number of rotatable bonds is 7. The summed E-state index contributed by atoms with van der Waals surface area (Å²) in [6, 6.07) is 14.9. The van der Waals surface area contributed by atoms with Gasteiger partial charge in [-0.15, -0.1) is 0 Å². The number of carbonyl (C=O) groups is 2. The van der Waals surface area contributed by atoms with E-state index in [0.717, 1.165) is 18.7 Å². The molecule has 0 unspecified atom stereocenters. The molecular weight excluding hydrogens is 382 g/mol. The van der Waals surface area contributed by atoms with Crippen LogP contribution in [0.5, 0.6) is 0 Å². The summed E-state index contributed by atoms with van der Waals surface area (Å²) in [6.07, 6.45) is -0.542. The van der Waals surface area contributed by atoms with Gasteiger partial charge in [0.15, 0.2) is 0 Å². The van der Waals surface area contributed by atoms with Crippen molar-refractivity contribution in [3.8, 4) is 0 Å². The molecule has 7 nitrogen and oxygen atoms in total. The van der Waals surface area contributed by atoms with E-state index in [2.05, 4.69) is 39.8 Å². The number of morpholine rings is 1. The second-order valence-corrected chi connectivity index (χ2v) is 7.28. The first kappa shape index (κ1) is 21.8. The molecule has 2 N–H and O–H groups in total. The van der Waals surface area contributed by atoms with Gasteiger partial charge in [-0.2, -0.15) is 0 Å². The third-order valence-electron chi connectivity index (χ3n) is 4.98. The first-order chi connectivity index (χ1) is 14.5. The summed E-state index contributed by atoms with van der Waals surface area (Å²) in [5.74, 6) is -0.193. The monoisotopic (exact) mass is 411 g/mol. The third kappa shape index (κ3) is 6.30. The molecule has 1 aliphatic heterocycles. The van der Waals surface area contributed by atoms with Crippen LogP contribution >= 0.6 is 0 Å². The molecule has 160 valence electrons. The smallest absolute Gasteiger partial charge is 0.411 e. The molecule has 2 aromatic carbocycles. The van der Waals surface area contributed by atoms with Gasteiger partial charge in [0.05, 0.1) is 25.9 Å². The SMILES string of the molecule is CCOC(=O)Nc1cccc(C(=O)N[C@@H](CN2CCOCC2)c2ccc(C)cc2)c1. The molecular formula is C23H29N3O4. The van der Waals surface area contributed by atoms with E-state index < -0.39 is 6.09 Å². The van der Waals surface area contributed by atoms with Crippen LogP contribution in [-0.2, 0) is 9.47 Å². The molecule has 1 fully saturated rings. The average molecular weight is 412 g/mol. The summed E-state index contributed by atoms with van der Waals surface area (Å²) in [5, 5.41) is 5.79. The molecule has 1 saturated heterocycles. The lowest BCUT2D eigenvalue weighted by atomic mass is 10.0. The quantitative estimate of drug-likeness (QED) is 0.730. The van der Waals surface area contributed by atoms with Gasteiger partial charge in [-0.05, 0) is 37.6 Å². The number of benzene rings is 2. The Hall–Kier alpha value is -2.90. The Morgan fingerprint density at radius 1 is 1.13 bits per heavy atom. The lowest BCUT2D eigenvalue weighted by Gasteiger charge is -2.31. The van der Waals surface area contributed by atoms with Crippen molar-refractivity contribution in [3.63, 3.8) is 0 Å². The Morgan fingerprint density at radius 2 is 1.87 bits per heavy atom. The van der Waals surface area contributed by atoms with Crippen molar-refractivity contribution in [1.82, 2.24) is 10.2 Å². The Kier molecular flexibility index (Phi) is 7.82. The number of hydrogen-bond acceptors (Lipinski definition) is 5. The minimum atomic E-state index is -0.542. The summed E-state index contributed by atoms with van der Waals surface area (Å²) < 4.78 is 10.3. The molecule has 0 radical (unpaired) electrons. The van der Waals surface area contributed by atoms with Crippen molar-refractivity contribution in [1.29, 1.82) is 0 Å². The Balaban J connectivity index is 1.73. The average Bonchev–Trinajstić information content (AvgIpc) is 2.75. The van der Waals surface area contributed by atoms with Crippen LogP contribution in [0.25, 0.3) is 0 Å². The Labute approximate surface area is 177 Å². The fourth-order valence-corrected chi connectivity index (χ4v) is 3.34. The van der Waals surface area contributed by atoms with Gasteiger partial charge >= 0.3 is 6.09 Å². The molecule has 0 aromatic heterocycles. The van der Waals surface area contributed by atoms with Crippen LogP contribution < -0.4 is 10.6 Å². The Morgan fingerprint density at radius 3 is 2.57 bits per heavy atom. The molecule has 0 saturated carbocycles. The van der Waals surface area contributed by atoms with E-state index in [0.29, 0.717) is 31.0 Å². The van der Waals surface area contributed by atoms with Crippen LogP contribution in [-0.4, -0.2) is 56.4 Å². The number of amides is 2. The summed E-state index contributed by atoms with van der Waals surface area (Å²) in [4.78, 5) is 27.0. The number of aryl methyl sites for hydroxylation is 1. The highest BCUT2D eigenvalue weighted by Gasteiger charge is 2.21. The fourth-order valence-electron chi connectivity index (χ4n) is 3.34. The van der Waals surface area contributed by atoms with Crippen molar-refractivity contribution in [2.24, 2.45) is 0 Å². The highest BCUT2D eigenvalue weighted by Crippen LogP contribution is 2.18. The van der Waals surface area contributed by atoms with Crippen molar-refractivity contribution in [3.05, 3.63) is 65.2 Å². The number of hydrogen-bond donors (Lipinski definition) is 2. The molecule has 0 spiro atoms. The summed E-state index contributed by atoms with van der Waals surface area (Å²) in [5.41, 5.74) is 3.22. The molecule has 7 heteroatoms. The molecule has 0 aliphatic carbocycles. The van der Waals surface area contributed by atoms with Crippen molar-refractivity contribution >= 4 is 17.7 Å². The second kappa shape index (κ2) is 10.8. The molecule has 1 atom stereocenters. The van der Waals surface area contributed by atoms with Gasteiger partial charge in [0.2, 0.25) is 0 Å². The number of ether oxygens (including phenoxy) is 2. The zero-order chi connectivity index (χ0) is 21.3. The second-order valence-electron chi connectivity index (χ2n) is 7.28. The standard InChI is InChI=1S/C23H29N3O4/c1-3-30-23(28)24-20-6-4-5-19(15-20)22(27)25-21(16-26-11-13-29-14-12-26)18-9-7-17(2)8-10-18/h4-10,15,21H,3,11-14,16H2,1-2H3,(H,24,28)(H,25,27)/t21-/m0/s1. The topological polar surface area (TPSA) is 79.9 Å². The molecule has 3 rings (SSSR count). The van der Waals surface area contributed by atoms with Gasteiger partial charge < -0.3 is 14.8 Å². The van der Waals surface area contributed by atoms with Crippen LogP contribution in [0, 0.1) is 6.92 Å². The maximum absolute atomic E-state index is 13.0. The van der Waals surface area contributed by atoms with Crippen LogP contribution in [0.2, 0.25) is 0 Å². The maximum Gasteiger partial charge on any atom is 0.411 e. The number of carbonyl (C=O) groups excluding carboxylic acids is 2. The molecule has 2 aromatic rings. The first-order valence-corrected chi connectivity index (χ1v) is 10.3. The van der Waals surface area contributed by atoms with E-state index in [1.165, 1.54) is 5.56 Å². The highest BCUT2D eigenvalue weighted by molar-refractivity contribution is 5.96. The fraction of sp³-hybridized carbons (Fsp3) is 0.391. The van der Waals surface area contributed by atoms with E-state index in [-0.39, 0.29) is 18.6 Å². The normalized spacial score (nSPS) is 15.3. The van der Waals surface area contributed by atoms with E-state index in [4.69, 9.17) is 9.47 Å². The molecule has 1 heterocycles. The highest BCUT2D eigenvalue weighted by atomic mass is 16.5. The zero-order valence-corrected chi connectivity index (χ0v) is 17.5. The van der Waals surface area contributed by atoms with Crippen LogP contribution in [0.3, 0.4) is 0 Å². The van der Waals surface area contributed by atoms with E-state index in [1.54, 1.807) is 31.2 Å². The lowest BCUT2D eigenvalue weighted by molar-refractivity contribution is 0.0332. The number of nitrogens with zero attached hydrogens (tertiary/aromatic N) is 1. The van der Waals surface area contributed by atoms with Crippen LogP contribution in [0.4, 0.5) is 10.5 Å². The third-order valence-corrected chi connectivity index (χ3v) is 4.98. The summed E-state index contributed by atoms with van der Waals surface area (Å²) in [7, 11) is 0. The summed E-state index contributed by atoms with van der Waals surface area (Å²) >= 11 is 0. The van der Waals surface area contributed by atoms with Gasteiger partial charge in [0.1, 0.15) is 0 Å². The van der Waals surface area contributed by atoms with Crippen molar-refractivity contribution in [2.45, 2.75) is 19.9 Å². The summed E-state index contributed by atoms with van der Waals surface area (Å²) in [6.45, 7) is 7.87. The predicted molar refractivity (Wildman–Crippen MR) is 116 cm³/mol. The van der Waals surface area contributed by atoms with Crippen LogP contribution in [0.1, 0.15) is 34.5 Å². The number of anilines is 1. The van der Waals surface area contributed by atoms with E-state index >= 15 is 0 Å². The van der Waals surface area contributed by atoms with Gasteiger partial charge in [0.25, 0.3) is 5.91 Å². The van der Waals surface area contributed by atoms with Crippen LogP contribution in [0.15, 0.2) is 48.5 Å². The molecule has 1 aliphatic rings. The first-order valence-electron chi connectivity index (χ1n) is 10.3. The van der Waals surface area contributed by atoms with Gasteiger partial charge in [-0.3, -0.25) is 15.0 Å². The largest absolute Gasteiger partial charge is 0.450 e. The maximum atomic E-state index is 13.0. The number of nitrogens with one attached hydrogen (secondary N) is 2.